The molecule has 0 spiro atoms. The van der Waals surface area contributed by atoms with Crippen molar-refractivity contribution in [3.05, 3.63) is 54.6 Å². The van der Waals surface area contributed by atoms with E-state index in [-0.39, 0.29) is 0 Å². The van der Waals surface area contributed by atoms with Gasteiger partial charge in [-0.05, 0) is 17.5 Å². The molecule has 1 atom stereocenters. The molecule has 2 aromatic carbocycles. The Bertz CT molecular complexity index is 584. The average molecular weight is 289 g/mol. The summed E-state index contributed by atoms with van der Waals surface area (Å²) in [7, 11) is 0. The third-order valence-corrected chi connectivity index (χ3v) is 3.70. The Morgan fingerprint density at radius 2 is 1.65 bits per heavy atom. The van der Waals surface area contributed by atoms with E-state index in [1.165, 1.54) is 4.31 Å². The Balaban J connectivity index is 2.48. The largest absolute Gasteiger partial charge is 0.289 e. The van der Waals surface area contributed by atoms with Crippen LogP contribution in [0.4, 0.5) is 5.69 Å². The van der Waals surface area contributed by atoms with Crippen LogP contribution in [-0.2, 0) is 11.3 Å². The molecule has 2 aromatic rings. The molecular weight excluding hydrogens is 270 g/mol. The standard InChI is InChI=1S/C16H19NO2S/c1-13(2)12-17(20(18)19)16-11-7-6-10-15(16)14-8-4-3-5-9-14/h3-11,13H,12H2,1-2H3,(H,18,19). The molecule has 106 valence electrons. The monoisotopic (exact) mass is 289 g/mol. The molecular formula is C16H19NO2S. The van der Waals surface area contributed by atoms with Crippen molar-refractivity contribution in [2.75, 3.05) is 10.8 Å². The van der Waals surface area contributed by atoms with Crippen LogP contribution < -0.4 is 4.31 Å². The van der Waals surface area contributed by atoms with E-state index < -0.39 is 11.3 Å². The maximum absolute atomic E-state index is 11.7. The fourth-order valence-corrected chi connectivity index (χ4v) is 2.88. The summed E-state index contributed by atoms with van der Waals surface area (Å²) in [6, 6.07) is 17.6. The zero-order valence-electron chi connectivity index (χ0n) is 11.7. The molecule has 0 saturated heterocycles. The maximum atomic E-state index is 11.7. The van der Waals surface area contributed by atoms with E-state index in [0.29, 0.717) is 12.5 Å². The Labute approximate surface area is 122 Å². The van der Waals surface area contributed by atoms with E-state index in [2.05, 4.69) is 0 Å². The molecule has 0 bridgehead atoms. The number of nitrogens with zero attached hydrogens (tertiary/aromatic N) is 1. The fraction of sp³-hybridized carbons (Fsp3) is 0.250. The van der Waals surface area contributed by atoms with Gasteiger partial charge in [-0.15, -0.1) is 0 Å². The SMILES string of the molecule is CC(C)CN(c1ccccc1-c1ccccc1)S(=O)O. The highest BCUT2D eigenvalue weighted by Crippen LogP contribution is 2.31. The number of benzene rings is 2. The van der Waals surface area contributed by atoms with Crippen LogP contribution in [0.25, 0.3) is 11.1 Å². The van der Waals surface area contributed by atoms with Crippen LogP contribution in [0.15, 0.2) is 54.6 Å². The van der Waals surface area contributed by atoms with Crippen LogP contribution in [0.1, 0.15) is 13.8 Å². The minimum absolute atomic E-state index is 0.301. The highest BCUT2D eigenvalue weighted by molar-refractivity contribution is 7.80. The van der Waals surface area contributed by atoms with Crippen LogP contribution in [0.5, 0.6) is 0 Å². The van der Waals surface area contributed by atoms with Gasteiger partial charge in [0, 0.05) is 12.1 Å². The van der Waals surface area contributed by atoms with Crippen LogP contribution in [-0.4, -0.2) is 15.3 Å². The molecule has 3 nitrogen and oxygen atoms in total. The second-order valence-corrected chi connectivity index (χ2v) is 5.97. The zero-order valence-corrected chi connectivity index (χ0v) is 12.5. The topological polar surface area (TPSA) is 40.5 Å². The van der Waals surface area contributed by atoms with Gasteiger partial charge >= 0.3 is 0 Å². The summed E-state index contributed by atoms with van der Waals surface area (Å²) in [5.74, 6) is 0.301. The molecule has 0 aliphatic carbocycles. The fourth-order valence-electron chi connectivity index (χ4n) is 2.13. The lowest BCUT2D eigenvalue weighted by molar-refractivity contribution is 0.549. The normalized spacial score (nSPS) is 12.4. The Hall–Kier alpha value is -1.65. The van der Waals surface area contributed by atoms with Crippen molar-refractivity contribution < 1.29 is 8.76 Å². The van der Waals surface area contributed by atoms with E-state index in [4.69, 9.17) is 0 Å². The van der Waals surface area contributed by atoms with Crippen molar-refractivity contribution in [3.63, 3.8) is 0 Å². The minimum Gasteiger partial charge on any atom is -0.289 e. The summed E-state index contributed by atoms with van der Waals surface area (Å²) in [4.78, 5) is 0. The number of para-hydroxylation sites is 1. The first-order chi connectivity index (χ1) is 9.59. The summed E-state index contributed by atoms with van der Waals surface area (Å²) in [5.41, 5.74) is 2.80. The highest BCUT2D eigenvalue weighted by atomic mass is 32.2. The van der Waals surface area contributed by atoms with Gasteiger partial charge in [0.25, 0.3) is 11.3 Å². The second-order valence-electron chi connectivity index (χ2n) is 5.07. The minimum atomic E-state index is -2.03. The number of hydrogen-bond donors (Lipinski definition) is 1. The lowest BCUT2D eigenvalue weighted by Crippen LogP contribution is -2.29. The zero-order chi connectivity index (χ0) is 14.5. The quantitative estimate of drug-likeness (QED) is 0.847. The second kappa shape index (κ2) is 6.68. The Morgan fingerprint density at radius 3 is 2.25 bits per heavy atom. The van der Waals surface area contributed by atoms with Gasteiger partial charge in [0.15, 0.2) is 0 Å². The molecule has 0 aliphatic heterocycles. The Morgan fingerprint density at radius 1 is 1.05 bits per heavy atom. The summed E-state index contributed by atoms with van der Waals surface area (Å²) >= 11 is -2.03. The van der Waals surface area contributed by atoms with Crippen molar-refractivity contribution in [2.45, 2.75) is 13.8 Å². The van der Waals surface area contributed by atoms with Crippen molar-refractivity contribution in [3.8, 4) is 11.1 Å². The molecule has 0 aliphatic rings. The smallest absolute Gasteiger partial charge is 0.261 e. The number of anilines is 1. The van der Waals surface area contributed by atoms with E-state index in [1.807, 2.05) is 68.4 Å². The van der Waals surface area contributed by atoms with Crippen molar-refractivity contribution in [2.24, 2.45) is 5.92 Å². The van der Waals surface area contributed by atoms with Crippen LogP contribution in [0.3, 0.4) is 0 Å². The van der Waals surface area contributed by atoms with E-state index in [9.17, 15) is 8.76 Å². The molecule has 0 saturated carbocycles. The lowest BCUT2D eigenvalue weighted by atomic mass is 10.0. The third kappa shape index (κ3) is 3.46. The first-order valence-corrected chi connectivity index (χ1v) is 7.69. The predicted molar refractivity (Wildman–Crippen MR) is 84.8 cm³/mol. The summed E-state index contributed by atoms with van der Waals surface area (Å²) in [6.45, 7) is 4.60. The van der Waals surface area contributed by atoms with Crippen molar-refractivity contribution in [1.82, 2.24) is 0 Å². The van der Waals surface area contributed by atoms with Crippen LogP contribution >= 0.6 is 0 Å². The molecule has 0 amide bonds. The summed E-state index contributed by atoms with van der Waals surface area (Å²) in [6.07, 6.45) is 0. The molecule has 0 fully saturated rings. The first kappa shape index (κ1) is 14.8. The number of rotatable bonds is 5. The van der Waals surface area contributed by atoms with Gasteiger partial charge in [0.2, 0.25) is 0 Å². The average Bonchev–Trinajstić information content (AvgIpc) is 2.45. The summed E-state index contributed by atoms with van der Waals surface area (Å²) < 4.78 is 22.8. The summed E-state index contributed by atoms with van der Waals surface area (Å²) in [5, 5.41) is 0. The lowest BCUT2D eigenvalue weighted by Gasteiger charge is -2.24. The molecule has 4 heteroatoms. The molecule has 0 aromatic heterocycles. The molecule has 2 rings (SSSR count). The molecule has 1 unspecified atom stereocenters. The molecule has 0 radical (unpaired) electrons. The van der Waals surface area contributed by atoms with Crippen molar-refractivity contribution in [1.29, 1.82) is 0 Å². The van der Waals surface area contributed by atoms with Gasteiger partial charge in [-0.2, -0.15) is 0 Å². The van der Waals surface area contributed by atoms with Gasteiger partial charge < -0.3 is 0 Å². The first-order valence-electron chi connectivity index (χ1n) is 6.62. The van der Waals surface area contributed by atoms with Gasteiger partial charge in [0.1, 0.15) is 0 Å². The highest BCUT2D eigenvalue weighted by Gasteiger charge is 2.17. The Kier molecular flexibility index (Phi) is 4.93. The van der Waals surface area contributed by atoms with Gasteiger partial charge in [-0.1, -0.05) is 62.4 Å². The maximum Gasteiger partial charge on any atom is 0.261 e. The van der Waals surface area contributed by atoms with Gasteiger partial charge in [-0.3, -0.25) is 8.86 Å². The van der Waals surface area contributed by atoms with Crippen molar-refractivity contribution >= 4 is 17.0 Å². The van der Waals surface area contributed by atoms with Gasteiger partial charge in [-0.25, -0.2) is 4.21 Å². The molecule has 1 N–H and O–H groups in total. The third-order valence-electron chi connectivity index (χ3n) is 2.98. The molecule has 0 heterocycles. The van der Waals surface area contributed by atoms with E-state index >= 15 is 0 Å². The van der Waals surface area contributed by atoms with Crippen LogP contribution in [0, 0.1) is 5.92 Å². The molecule has 20 heavy (non-hydrogen) atoms. The van der Waals surface area contributed by atoms with Gasteiger partial charge in [0.05, 0.1) is 5.69 Å². The van der Waals surface area contributed by atoms with E-state index in [1.54, 1.807) is 0 Å². The van der Waals surface area contributed by atoms with E-state index in [0.717, 1.165) is 16.8 Å². The predicted octanol–water partition coefficient (Wildman–Crippen LogP) is 3.95. The van der Waals surface area contributed by atoms with Crippen LogP contribution in [0.2, 0.25) is 0 Å². The number of hydrogen-bond acceptors (Lipinski definition) is 1.